The Labute approximate surface area is 36.9 Å². The minimum atomic E-state index is -0.305. The second kappa shape index (κ2) is 4.94. The highest BCUT2D eigenvalue weighted by molar-refractivity contribution is 6.15. The molecule has 0 aromatic heterocycles. The van der Waals surface area contributed by atoms with Gasteiger partial charge in [0.05, 0.1) is 13.2 Å². The molecule has 0 aromatic carbocycles. The zero-order valence-corrected chi connectivity index (χ0v) is 3.42. The van der Waals surface area contributed by atoms with Crippen molar-refractivity contribution < 1.29 is 14.8 Å². The van der Waals surface area contributed by atoms with Crippen molar-refractivity contribution in [2.45, 2.75) is 0 Å². The summed E-state index contributed by atoms with van der Waals surface area (Å²) in [5.41, 5.74) is 0. The van der Waals surface area contributed by atoms with Gasteiger partial charge in [-0.15, -0.1) is 0 Å². The van der Waals surface area contributed by atoms with Gasteiger partial charge in [-0.25, -0.2) is 0 Å². The van der Waals surface area contributed by atoms with Gasteiger partial charge in [-0.05, 0) is 0 Å². The number of aliphatic hydroxyl groups excluding tert-OH is 1. The second-order valence-corrected chi connectivity index (χ2v) is 0.761. The van der Waals surface area contributed by atoms with Crippen molar-refractivity contribution in [3.05, 3.63) is 0 Å². The van der Waals surface area contributed by atoms with Crippen LogP contribution in [0.5, 0.6) is 0 Å². The molecule has 6 heavy (non-hydrogen) atoms. The molecule has 0 unspecified atom stereocenters. The van der Waals surface area contributed by atoms with Crippen LogP contribution in [-0.4, -0.2) is 31.0 Å². The molecule has 0 aliphatic rings. The Morgan fingerprint density at radius 2 is 2.33 bits per heavy atom. The highest BCUT2D eigenvalue weighted by atomic mass is 16.5. The van der Waals surface area contributed by atoms with E-state index < -0.39 is 0 Å². The highest BCUT2D eigenvalue weighted by Gasteiger charge is 1.78. The van der Waals surface area contributed by atoms with Gasteiger partial charge in [0.15, 0.2) is 0 Å². The van der Waals surface area contributed by atoms with Gasteiger partial charge in [0.1, 0.15) is 0 Å². The molecule has 0 bridgehead atoms. The molecule has 36 valence electrons. The summed E-state index contributed by atoms with van der Waals surface area (Å²) in [6, 6.07) is 0. The number of aliphatic hydroxyl groups is 1. The van der Waals surface area contributed by atoms with Crippen molar-refractivity contribution in [2.24, 2.45) is 0 Å². The van der Waals surface area contributed by atoms with Gasteiger partial charge in [-0.2, -0.15) is 0 Å². The maximum Gasteiger partial charge on any atom is 0.435 e. The molecular formula is C2H7BO3. The molecule has 0 atom stereocenters. The molecule has 0 heterocycles. The van der Waals surface area contributed by atoms with Gasteiger partial charge in [-0.3, -0.25) is 0 Å². The first-order valence-corrected chi connectivity index (χ1v) is 1.71. The van der Waals surface area contributed by atoms with E-state index in [0.29, 0.717) is 0 Å². The molecule has 3 nitrogen and oxygen atoms in total. The van der Waals surface area contributed by atoms with Crippen LogP contribution in [0.4, 0.5) is 0 Å². The lowest BCUT2D eigenvalue weighted by Crippen LogP contribution is -2.01. The SMILES string of the molecule is OBOCCO. The van der Waals surface area contributed by atoms with E-state index in [0.717, 1.165) is 0 Å². The molecule has 0 fully saturated rings. The van der Waals surface area contributed by atoms with Crippen molar-refractivity contribution in [1.82, 2.24) is 0 Å². The third kappa shape index (κ3) is 3.94. The molecule has 0 aliphatic heterocycles. The summed E-state index contributed by atoms with van der Waals surface area (Å²) in [7, 11) is -0.305. The summed E-state index contributed by atoms with van der Waals surface area (Å²) < 4.78 is 4.29. The molecule has 0 spiro atoms. The maximum atomic E-state index is 7.96. The Morgan fingerprint density at radius 1 is 1.67 bits per heavy atom. The van der Waals surface area contributed by atoms with Crippen LogP contribution >= 0.6 is 0 Å². The zero-order chi connectivity index (χ0) is 4.83. The van der Waals surface area contributed by atoms with E-state index >= 15 is 0 Å². The standard InChI is InChI=1S/C2H7BO3/c4-1-2-6-3-5/h3-5H,1-2H2. The Morgan fingerprint density at radius 3 is 2.50 bits per heavy atom. The molecule has 0 saturated heterocycles. The molecule has 0 amide bonds. The fourth-order valence-corrected chi connectivity index (χ4v) is 0.129. The van der Waals surface area contributed by atoms with Gasteiger partial charge >= 0.3 is 7.69 Å². The van der Waals surface area contributed by atoms with Crippen LogP contribution in [0.15, 0.2) is 0 Å². The third-order valence-corrected chi connectivity index (χ3v) is 0.327. The first-order chi connectivity index (χ1) is 2.91. The molecular weight excluding hydrogens is 82.8 g/mol. The molecule has 2 N–H and O–H groups in total. The van der Waals surface area contributed by atoms with Crippen LogP contribution in [0.2, 0.25) is 0 Å². The first kappa shape index (κ1) is 5.94. The fraction of sp³-hybridized carbons (Fsp3) is 1.00. The lowest BCUT2D eigenvalue weighted by molar-refractivity contribution is 0.190. The molecule has 0 aromatic rings. The van der Waals surface area contributed by atoms with Crippen LogP contribution in [0.3, 0.4) is 0 Å². The van der Waals surface area contributed by atoms with E-state index in [2.05, 4.69) is 4.65 Å². The molecule has 0 aliphatic carbocycles. The largest absolute Gasteiger partial charge is 0.435 e. The molecule has 0 saturated carbocycles. The van der Waals surface area contributed by atoms with Crippen LogP contribution in [0.1, 0.15) is 0 Å². The summed E-state index contributed by atoms with van der Waals surface area (Å²) in [4.78, 5) is 0. The quantitative estimate of drug-likeness (QED) is 0.319. The Bertz CT molecular complexity index is 20.8. The molecule has 4 heteroatoms. The number of rotatable bonds is 3. The normalized spacial score (nSPS) is 8.33. The van der Waals surface area contributed by atoms with E-state index in [9.17, 15) is 0 Å². The lowest BCUT2D eigenvalue weighted by atomic mass is 10.4. The Hall–Kier alpha value is -0.0551. The smallest absolute Gasteiger partial charge is 0.430 e. The average molecular weight is 89.9 g/mol. The Balaban J connectivity index is 2.34. The fourth-order valence-electron chi connectivity index (χ4n) is 0.129. The van der Waals surface area contributed by atoms with E-state index in [4.69, 9.17) is 10.1 Å². The van der Waals surface area contributed by atoms with Crippen molar-refractivity contribution in [3.8, 4) is 0 Å². The number of hydrogen-bond donors (Lipinski definition) is 2. The second-order valence-electron chi connectivity index (χ2n) is 0.761. The summed E-state index contributed by atoms with van der Waals surface area (Å²) in [5, 5.41) is 15.8. The highest BCUT2D eigenvalue weighted by Crippen LogP contribution is 1.60. The summed E-state index contributed by atoms with van der Waals surface area (Å²) in [6.07, 6.45) is 0. The average Bonchev–Trinajstić information content (AvgIpc) is 1.61. The van der Waals surface area contributed by atoms with Crippen molar-refractivity contribution in [2.75, 3.05) is 13.2 Å². The van der Waals surface area contributed by atoms with Crippen molar-refractivity contribution in [3.63, 3.8) is 0 Å². The van der Waals surface area contributed by atoms with E-state index in [1.165, 1.54) is 0 Å². The summed E-state index contributed by atoms with van der Waals surface area (Å²) in [5.74, 6) is 0. The van der Waals surface area contributed by atoms with Gasteiger partial charge in [0, 0.05) is 0 Å². The minimum Gasteiger partial charge on any atom is -0.430 e. The van der Waals surface area contributed by atoms with E-state index in [1.54, 1.807) is 0 Å². The van der Waals surface area contributed by atoms with Gasteiger partial charge in [0.25, 0.3) is 0 Å². The molecule has 0 radical (unpaired) electrons. The number of hydrogen-bond acceptors (Lipinski definition) is 3. The van der Waals surface area contributed by atoms with Crippen molar-refractivity contribution >= 4 is 7.69 Å². The van der Waals surface area contributed by atoms with Crippen LogP contribution in [-0.2, 0) is 4.65 Å². The van der Waals surface area contributed by atoms with E-state index in [1.807, 2.05) is 0 Å². The van der Waals surface area contributed by atoms with Crippen LogP contribution in [0.25, 0.3) is 0 Å². The van der Waals surface area contributed by atoms with Gasteiger partial charge < -0.3 is 14.8 Å². The third-order valence-electron chi connectivity index (χ3n) is 0.327. The van der Waals surface area contributed by atoms with Gasteiger partial charge in [-0.1, -0.05) is 0 Å². The minimum absolute atomic E-state index is 0.0272. The topological polar surface area (TPSA) is 49.7 Å². The lowest BCUT2D eigenvalue weighted by Gasteiger charge is -1.89. The molecule has 0 rings (SSSR count). The maximum absolute atomic E-state index is 7.96. The first-order valence-electron chi connectivity index (χ1n) is 1.71. The van der Waals surface area contributed by atoms with Crippen LogP contribution < -0.4 is 0 Å². The predicted molar refractivity (Wildman–Crippen MR) is 22.4 cm³/mol. The predicted octanol–water partition coefficient (Wildman–Crippen LogP) is -1.75. The van der Waals surface area contributed by atoms with Crippen LogP contribution in [0, 0.1) is 0 Å². The van der Waals surface area contributed by atoms with Gasteiger partial charge in [0.2, 0.25) is 0 Å². The summed E-state index contributed by atoms with van der Waals surface area (Å²) >= 11 is 0. The monoisotopic (exact) mass is 90.0 g/mol. The zero-order valence-electron chi connectivity index (χ0n) is 3.42. The Kier molecular flexibility index (Phi) is 4.90. The van der Waals surface area contributed by atoms with Crippen molar-refractivity contribution in [1.29, 1.82) is 0 Å². The van der Waals surface area contributed by atoms with E-state index in [-0.39, 0.29) is 20.9 Å². The summed E-state index contributed by atoms with van der Waals surface area (Å²) in [6.45, 7) is 0.192.